The van der Waals surface area contributed by atoms with Crippen molar-refractivity contribution in [1.29, 1.82) is 5.26 Å². The van der Waals surface area contributed by atoms with Crippen LogP contribution < -0.4 is 10.5 Å². The van der Waals surface area contributed by atoms with Crippen LogP contribution in [0.5, 0.6) is 6.01 Å². The van der Waals surface area contributed by atoms with Crippen molar-refractivity contribution in [2.45, 2.75) is 13.5 Å². The number of aryl methyl sites for hydroxylation is 1. The Balaban J connectivity index is 1.66. The minimum Gasteiger partial charge on any atom is -0.456 e. The van der Waals surface area contributed by atoms with Crippen molar-refractivity contribution in [3.05, 3.63) is 78.0 Å². The normalized spacial score (nSPS) is 10.8. The van der Waals surface area contributed by atoms with Crippen LogP contribution in [0.4, 0.5) is 5.82 Å². The smallest absolute Gasteiger partial charge is 0.336 e. The Morgan fingerprint density at radius 1 is 1.09 bits per heavy atom. The van der Waals surface area contributed by atoms with E-state index in [0.29, 0.717) is 33.9 Å². The van der Waals surface area contributed by atoms with Gasteiger partial charge in [-0.05, 0) is 36.8 Å². The van der Waals surface area contributed by atoms with Gasteiger partial charge >= 0.3 is 6.01 Å². The third-order valence-electron chi connectivity index (χ3n) is 5.03. The number of benzene rings is 1. The summed E-state index contributed by atoms with van der Waals surface area (Å²) in [5.41, 5.74) is 11.2. The lowest BCUT2D eigenvalue weighted by Crippen LogP contribution is -2.06. The highest BCUT2D eigenvalue weighted by Gasteiger charge is 2.21. The highest BCUT2D eigenvalue weighted by Crippen LogP contribution is 2.32. The van der Waals surface area contributed by atoms with E-state index in [2.05, 4.69) is 36.1 Å². The van der Waals surface area contributed by atoms with E-state index < -0.39 is 0 Å². The Bertz CT molecular complexity index is 1510. The van der Waals surface area contributed by atoms with Crippen LogP contribution in [-0.2, 0) is 6.61 Å². The van der Waals surface area contributed by atoms with Gasteiger partial charge in [0.1, 0.15) is 24.3 Å². The quantitative estimate of drug-likeness (QED) is 0.441. The molecule has 2 N–H and O–H groups in total. The number of hydrogen-bond donors (Lipinski definition) is 1. The average molecular weight is 435 g/mol. The van der Waals surface area contributed by atoms with Crippen molar-refractivity contribution in [2.75, 3.05) is 5.73 Å². The first-order valence-corrected chi connectivity index (χ1v) is 10.0. The predicted molar refractivity (Wildman–Crippen MR) is 120 cm³/mol. The van der Waals surface area contributed by atoms with Crippen LogP contribution in [0.2, 0.25) is 0 Å². The van der Waals surface area contributed by atoms with E-state index in [9.17, 15) is 5.26 Å². The fraction of sp³-hybridized carbons (Fsp3) is 0.0870. The van der Waals surface area contributed by atoms with Crippen molar-refractivity contribution < 1.29 is 4.74 Å². The summed E-state index contributed by atoms with van der Waals surface area (Å²) in [4.78, 5) is 21.7. The molecule has 0 aliphatic rings. The maximum atomic E-state index is 9.33. The van der Waals surface area contributed by atoms with Gasteiger partial charge in [-0.15, -0.1) is 5.10 Å². The standard InChI is InChI=1S/C23H17N9O/c1-14-4-3-8-27-18(14)12-33-23-30-22-21(25)29-19(16-6-2-5-15(10-16)11-24)20(32(22)31-23)17-7-9-26-13-28-17/h2-10,13H,12H2,1H3,(H2,25,29). The number of pyridine rings is 1. The lowest BCUT2D eigenvalue weighted by Gasteiger charge is -2.11. The molecule has 0 atom stereocenters. The van der Waals surface area contributed by atoms with E-state index in [1.54, 1.807) is 41.2 Å². The van der Waals surface area contributed by atoms with Gasteiger partial charge in [-0.3, -0.25) is 4.98 Å². The van der Waals surface area contributed by atoms with Crippen molar-refractivity contribution in [1.82, 2.24) is 34.5 Å². The first-order chi connectivity index (χ1) is 16.1. The summed E-state index contributed by atoms with van der Waals surface area (Å²) in [5.74, 6) is 0.168. The van der Waals surface area contributed by atoms with Gasteiger partial charge in [0.25, 0.3) is 0 Å². The number of nitrogen functional groups attached to an aromatic ring is 1. The fourth-order valence-corrected chi connectivity index (χ4v) is 3.40. The van der Waals surface area contributed by atoms with Gasteiger partial charge in [-0.25, -0.2) is 19.5 Å². The molecule has 0 unspecified atom stereocenters. The summed E-state index contributed by atoms with van der Waals surface area (Å²) in [6.07, 6.45) is 4.77. The Hall–Kier alpha value is -4.91. The lowest BCUT2D eigenvalue weighted by molar-refractivity contribution is 0.276. The number of rotatable bonds is 5. The molecule has 33 heavy (non-hydrogen) atoms. The minimum absolute atomic E-state index is 0.131. The Morgan fingerprint density at radius 3 is 2.79 bits per heavy atom. The van der Waals surface area contributed by atoms with Gasteiger partial charge in [0, 0.05) is 18.0 Å². The Kier molecular flexibility index (Phi) is 5.04. The summed E-state index contributed by atoms with van der Waals surface area (Å²) < 4.78 is 7.38. The number of nitrogens with two attached hydrogens (primary N) is 1. The summed E-state index contributed by atoms with van der Waals surface area (Å²) in [7, 11) is 0. The number of hydrogen-bond acceptors (Lipinski definition) is 9. The molecule has 0 saturated heterocycles. The molecular formula is C23H17N9O. The van der Waals surface area contributed by atoms with Gasteiger partial charge in [0.05, 0.1) is 23.0 Å². The highest BCUT2D eigenvalue weighted by molar-refractivity contribution is 5.81. The third-order valence-corrected chi connectivity index (χ3v) is 5.03. The summed E-state index contributed by atoms with van der Waals surface area (Å²) in [6, 6.07) is 14.9. The molecule has 0 aliphatic heterocycles. The first kappa shape index (κ1) is 20.0. The molecule has 5 aromatic rings. The van der Waals surface area contributed by atoms with Crippen molar-refractivity contribution in [3.63, 3.8) is 0 Å². The van der Waals surface area contributed by atoms with E-state index in [0.717, 1.165) is 11.3 Å². The van der Waals surface area contributed by atoms with Crippen LogP contribution >= 0.6 is 0 Å². The van der Waals surface area contributed by atoms with Gasteiger partial charge < -0.3 is 10.5 Å². The number of nitriles is 1. The molecular weight excluding hydrogens is 418 g/mol. The van der Waals surface area contributed by atoms with E-state index in [1.807, 2.05) is 25.1 Å². The van der Waals surface area contributed by atoms with Crippen LogP contribution in [-0.4, -0.2) is 34.5 Å². The molecule has 4 aromatic heterocycles. The molecule has 10 heteroatoms. The maximum absolute atomic E-state index is 9.33. The van der Waals surface area contributed by atoms with Crippen molar-refractivity contribution in [3.8, 4) is 34.7 Å². The molecule has 4 heterocycles. The zero-order valence-electron chi connectivity index (χ0n) is 17.5. The molecule has 160 valence electrons. The van der Waals surface area contributed by atoms with Gasteiger partial charge in [0.2, 0.25) is 5.65 Å². The molecule has 0 aliphatic carbocycles. The largest absolute Gasteiger partial charge is 0.456 e. The molecule has 0 fully saturated rings. The second-order valence-corrected chi connectivity index (χ2v) is 7.17. The van der Waals surface area contributed by atoms with Gasteiger partial charge in [-0.2, -0.15) is 10.2 Å². The minimum atomic E-state index is 0.131. The molecule has 10 nitrogen and oxygen atoms in total. The number of fused-ring (bicyclic) bond motifs is 1. The molecule has 0 radical (unpaired) electrons. The number of nitrogens with zero attached hydrogens (tertiary/aromatic N) is 8. The second kappa shape index (κ2) is 8.32. The van der Waals surface area contributed by atoms with Crippen molar-refractivity contribution >= 4 is 11.5 Å². The van der Waals surface area contributed by atoms with Crippen LogP contribution in [0, 0.1) is 18.3 Å². The molecule has 0 bridgehead atoms. The zero-order valence-corrected chi connectivity index (χ0v) is 17.5. The van der Waals surface area contributed by atoms with Gasteiger partial charge in [-0.1, -0.05) is 18.2 Å². The number of ether oxygens (including phenoxy) is 1. The van der Waals surface area contributed by atoms with Crippen LogP contribution in [0.25, 0.3) is 28.3 Å². The highest BCUT2D eigenvalue weighted by atomic mass is 16.5. The molecule has 0 amide bonds. The number of anilines is 1. The van der Waals surface area contributed by atoms with Crippen LogP contribution in [0.3, 0.4) is 0 Å². The van der Waals surface area contributed by atoms with Gasteiger partial charge in [0.15, 0.2) is 5.82 Å². The van der Waals surface area contributed by atoms with E-state index in [4.69, 9.17) is 10.5 Å². The van der Waals surface area contributed by atoms with Crippen LogP contribution in [0.1, 0.15) is 16.8 Å². The molecule has 5 rings (SSSR count). The summed E-state index contributed by atoms with van der Waals surface area (Å²) in [5, 5.41) is 13.9. The Morgan fingerprint density at radius 2 is 2.00 bits per heavy atom. The zero-order chi connectivity index (χ0) is 22.8. The molecule has 0 spiro atoms. The molecule has 1 aromatic carbocycles. The first-order valence-electron chi connectivity index (χ1n) is 10.0. The van der Waals surface area contributed by atoms with Crippen molar-refractivity contribution in [2.24, 2.45) is 0 Å². The summed E-state index contributed by atoms with van der Waals surface area (Å²) >= 11 is 0. The van der Waals surface area contributed by atoms with E-state index >= 15 is 0 Å². The average Bonchev–Trinajstić information content (AvgIpc) is 3.29. The lowest BCUT2D eigenvalue weighted by atomic mass is 10.0. The summed E-state index contributed by atoms with van der Waals surface area (Å²) in [6.45, 7) is 2.16. The topological polar surface area (TPSA) is 141 Å². The fourth-order valence-electron chi connectivity index (χ4n) is 3.40. The molecule has 0 saturated carbocycles. The second-order valence-electron chi connectivity index (χ2n) is 7.17. The predicted octanol–water partition coefficient (Wildman–Crippen LogP) is 2.98. The van der Waals surface area contributed by atoms with Crippen LogP contribution in [0.15, 0.2) is 61.2 Å². The maximum Gasteiger partial charge on any atom is 0.336 e. The van der Waals surface area contributed by atoms with E-state index in [-0.39, 0.29) is 18.4 Å². The SMILES string of the molecule is Cc1cccnc1COc1nc2c(N)nc(-c3cccc(C#N)c3)c(-c3ccncn3)n2n1. The number of aromatic nitrogens is 7. The van der Waals surface area contributed by atoms with E-state index in [1.165, 1.54) is 6.33 Å². The third kappa shape index (κ3) is 3.79. The monoisotopic (exact) mass is 435 g/mol. The Labute approximate surface area is 188 Å².